The highest BCUT2D eigenvalue weighted by atomic mass is 19.3. The summed E-state index contributed by atoms with van der Waals surface area (Å²) in [6, 6.07) is 0. The Labute approximate surface area is 95.4 Å². The molecule has 0 bridgehead atoms. The van der Waals surface area contributed by atoms with Crippen molar-refractivity contribution in [3.05, 3.63) is 0 Å². The molecule has 0 aliphatic heterocycles. The van der Waals surface area contributed by atoms with Crippen LogP contribution in [-0.4, -0.2) is 18.5 Å². The van der Waals surface area contributed by atoms with Gasteiger partial charge in [0.05, 0.1) is 6.61 Å². The molecule has 0 aromatic rings. The van der Waals surface area contributed by atoms with E-state index in [1.54, 1.807) is 20.8 Å². The topological polar surface area (TPSA) is 26.3 Å². The third-order valence-electron chi connectivity index (χ3n) is 3.31. The van der Waals surface area contributed by atoms with E-state index in [2.05, 4.69) is 0 Å². The Morgan fingerprint density at radius 3 is 2.44 bits per heavy atom. The van der Waals surface area contributed by atoms with Crippen molar-refractivity contribution < 1.29 is 18.3 Å². The zero-order chi connectivity index (χ0) is 12.4. The van der Waals surface area contributed by atoms with E-state index in [4.69, 9.17) is 4.74 Å². The largest absolute Gasteiger partial charge is 0.466 e. The van der Waals surface area contributed by atoms with Gasteiger partial charge in [-0.05, 0) is 25.2 Å². The normalized spacial score (nSPS) is 28.2. The molecule has 4 heteroatoms. The summed E-state index contributed by atoms with van der Waals surface area (Å²) in [5, 5.41) is 0. The molecule has 16 heavy (non-hydrogen) atoms. The molecule has 2 nitrogen and oxygen atoms in total. The van der Waals surface area contributed by atoms with Gasteiger partial charge in [0.15, 0.2) is 0 Å². The first-order valence-electron chi connectivity index (χ1n) is 5.86. The van der Waals surface area contributed by atoms with Crippen LogP contribution in [0.4, 0.5) is 8.78 Å². The lowest BCUT2D eigenvalue weighted by Crippen LogP contribution is -2.44. The molecule has 0 radical (unpaired) electrons. The number of ether oxygens (including phenoxy) is 1. The van der Waals surface area contributed by atoms with Crippen molar-refractivity contribution in [1.29, 1.82) is 0 Å². The summed E-state index contributed by atoms with van der Waals surface area (Å²) in [5.74, 6) is -4.99. The van der Waals surface area contributed by atoms with Crippen molar-refractivity contribution >= 4 is 5.97 Å². The van der Waals surface area contributed by atoms with Crippen molar-refractivity contribution in [2.45, 2.75) is 52.4 Å². The van der Waals surface area contributed by atoms with Gasteiger partial charge in [-0.25, -0.2) is 8.78 Å². The zero-order valence-corrected chi connectivity index (χ0v) is 10.2. The molecule has 0 unspecified atom stereocenters. The fourth-order valence-electron chi connectivity index (χ4n) is 2.52. The van der Waals surface area contributed by atoms with E-state index in [9.17, 15) is 13.6 Å². The van der Waals surface area contributed by atoms with Crippen LogP contribution in [0.15, 0.2) is 0 Å². The highest BCUT2D eigenvalue weighted by Crippen LogP contribution is 2.47. The summed E-state index contributed by atoms with van der Waals surface area (Å²) >= 11 is 0. The molecule has 94 valence electrons. The van der Waals surface area contributed by atoms with E-state index in [-0.39, 0.29) is 13.0 Å². The summed E-state index contributed by atoms with van der Waals surface area (Å²) in [5.41, 5.74) is -0.688. The molecule has 0 amide bonds. The van der Waals surface area contributed by atoms with E-state index in [1.165, 1.54) is 0 Å². The molecule has 1 rings (SSSR count). The minimum absolute atomic E-state index is 0.154. The minimum atomic E-state index is -2.94. The Hall–Kier alpha value is -0.670. The first-order valence-corrected chi connectivity index (χ1v) is 5.86. The van der Waals surface area contributed by atoms with Crippen LogP contribution in [0.25, 0.3) is 0 Å². The van der Waals surface area contributed by atoms with Crippen LogP contribution in [0.5, 0.6) is 0 Å². The highest BCUT2D eigenvalue weighted by Gasteiger charge is 2.54. The second-order valence-electron chi connectivity index (χ2n) is 5.14. The first-order chi connectivity index (χ1) is 7.31. The van der Waals surface area contributed by atoms with Gasteiger partial charge in [-0.3, -0.25) is 4.79 Å². The lowest BCUT2D eigenvalue weighted by Gasteiger charge is -2.35. The van der Waals surface area contributed by atoms with Crippen LogP contribution >= 0.6 is 0 Å². The van der Waals surface area contributed by atoms with Crippen molar-refractivity contribution in [2.24, 2.45) is 11.3 Å². The van der Waals surface area contributed by atoms with Crippen molar-refractivity contribution in [3.63, 3.8) is 0 Å². The molecule has 0 aromatic carbocycles. The SMILES string of the molecule is CCOC(=O)[C@H]1C(C)(C)CCCCC1(F)F. The van der Waals surface area contributed by atoms with E-state index < -0.39 is 23.2 Å². The Morgan fingerprint density at radius 1 is 1.31 bits per heavy atom. The summed E-state index contributed by atoms with van der Waals surface area (Å²) < 4.78 is 32.6. The van der Waals surface area contributed by atoms with Gasteiger partial charge >= 0.3 is 5.97 Å². The predicted molar refractivity (Wildman–Crippen MR) is 57.3 cm³/mol. The molecule has 1 fully saturated rings. The third kappa shape index (κ3) is 2.71. The summed E-state index contributed by atoms with van der Waals surface area (Å²) in [4.78, 5) is 11.7. The number of hydrogen-bond acceptors (Lipinski definition) is 2. The van der Waals surface area contributed by atoms with E-state index in [0.717, 1.165) is 6.42 Å². The minimum Gasteiger partial charge on any atom is -0.466 e. The number of carbonyl (C=O) groups is 1. The predicted octanol–water partition coefficient (Wildman–Crippen LogP) is 3.40. The Bertz CT molecular complexity index is 244. The quantitative estimate of drug-likeness (QED) is 0.540. The van der Waals surface area contributed by atoms with Crippen LogP contribution in [0.3, 0.4) is 0 Å². The van der Waals surface area contributed by atoms with Crippen LogP contribution in [-0.2, 0) is 9.53 Å². The van der Waals surface area contributed by atoms with Gasteiger partial charge in [0, 0.05) is 6.42 Å². The number of halogens is 2. The number of hydrogen-bond donors (Lipinski definition) is 0. The molecule has 0 aromatic heterocycles. The number of rotatable bonds is 2. The standard InChI is InChI=1S/C12H20F2O2/c1-4-16-10(15)9-11(2,3)7-5-6-8-12(9,13)14/h9H,4-8H2,1-3H3/t9-/m0/s1. The highest BCUT2D eigenvalue weighted by molar-refractivity contribution is 5.74. The molecule has 1 aliphatic rings. The summed E-state index contributed by atoms with van der Waals surface area (Å²) in [7, 11) is 0. The van der Waals surface area contributed by atoms with E-state index in [0.29, 0.717) is 12.8 Å². The molecule has 1 aliphatic carbocycles. The monoisotopic (exact) mass is 234 g/mol. The molecule has 0 N–H and O–H groups in total. The van der Waals surface area contributed by atoms with Crippen LogP contribution < -0.4 is 0 Å². The van der Waals surface area contributed by atoms with Crippen molar-refractivity contribution in [2.75, 3.05) is 6.61 Å². The molecule has 0 heterocycles. The van der Waals surface area contributed by atoms with Crippen LogP contribution in [0, 0.1) is 11.3 Å². The van der Waals surface area contributed by atoms with Gasteiger partial charge in [0.25, 0.3) is 5.92 Å². The number of alkyl halides is 2. The van der Waals surface area contributed by atoms with Crippen molar-refractivity contribution in [3.8, 4) is 0 Å². The van der Waals surface area contributed by atoms with Crippen LogP contribution in [0.1, 0.15) is 46.5 Å². The number of carbonyl (C=O) groups excluding carboxylic acids is 1. The van der Waals surface area contributed by atoms with Gasteiger partial charge in [-0.1, -0.05) is 20.3 Å². The van der Waals surface area contributed by atoms with Gasteiger partial charge in [-0.15, -0.1) is 0 Å². The average Bonchev–Trinajstić information content (AvgIpc) is 2.21. The van der Waals surface area contributed by atoms with Crippen molar-refractivity contribution in [1.82, 2.24) is 0 Å². The lowest BCUT2D eigenvalue weighted by atomic mass is 9.73. The molecular weight excluding hydrogens is 214 g/mol. The maximum Gasteiger partial charge on any atom is 0.315 e. The lowest BCUT2D eigenvalue weighted by molar-refractivity contribution is -0.174. The molecule has 1 saturated carbocycles. The number of esters is 1. The second kappa shape index (κ2) is 4.68. The molecule has 0 saturated heterocycles. The molecule has 1 atom stereocenters. The van der Waals surface area contributed by atoms with E-state index in [1.807, 2.05) is 0 Å². The maximum absolute atomic E-state index is 13.9. The Kier molecular flexibility index (Phi) is 3.92. The summed E-state index contributed by atoms with van der Waals surface area (Å²) in [6.45, 7) is 5.25. The average molecular weight is 234 g/mol. The van der Waals surface area contributed by atoms with E-state index >= 15 is 0 Å². The van der Waals surface area contributed by atoms with Gasteiger partial charge in [0.2, 0.25) is 0 Å². The van der Waals surface area contributed by atoms with Crippen LogP contribution in [0.2, 0.25) is 0 Å². The van der Waals surface area contributed by atoms with Gasteiger partial charge in [0.1, 0.15) is 5.92 Å². The fraction of sp³-hybridized carbons (Fsp3) is 0.917. The zero-order valence-electron chi connectivity index (χ0n) is 10.2. The second-order valence-corrected chi connectivity index (χ2v) is 5.14. The smallest absolute Gasteiger partial charge is 0.315 e. The third-order valence-corrected chi connectivity index (χ3v) is 3.31. The summed E-state index contributed by atoms with van der Waals surface area (Å²) in [6.07, 6.45) is 1.66. The van der Waals surface area contributed by atoms with Gasteiger partial charge < -0.3 is 4.74 Å². The Balaban J connectivity index is 2.98. The molecule has 0 spiro atoms. The molecular formula is C12H20F2O2. The fourth-order valence-corrected chi connectivity index (χ4v) is 2.52. The van der Waals surface area contributed by atoms with Gasteiger partial charge in [-0.2, -0.15) is 0 Å². The maximum atomic E-state index is 13.9. The Morgan fingerprint density at radius 2 is 1.88 bits per heavy atom. The first kappa shape index (κ1) is 13.4.